The number of hydrogen-bond acceptors (Lipinski definition) is 6. The summed E-state index contributed by atoms with van der Waals surface area (Å²) in [7, 11) is 2.57. The van der Waals surface area contributed by atoms with Crippen LogP contribution in [0.15, 0.2) is 63.9 Å². The Morgan fingerprint density at radius 3 is 2.32 bits per heavy atom. The summed E-state index contributed by atoms with van der Waals surface area (Å²) in [5.74, 6) is -0.774. The van der Waals surface area contributed by atoms with Crippen molar-refractivity contribution < 1.29 is 28.3 Å². The number of nitrogens with zero attached hydrogens (tertiary/aromatic N) is 1. The maximum Gasteiger partial charge on any atom is 0.340 e. The minimum Gasteiger partial charge on any atom is -0.467 e. The van der Waals surface area contributed by atoms with E-state index in [1.807, 2.05) is 0 Å². The van der Waals surface area contributed by atoms with Crippen LogP contribution in [0, 0.1) is 0 Å². The van der Waals surface area contributed by atoms with Gasteiger partial charge in [-0.2, -0.15) is 0 Å². The van der Waals surface area contributed by atoms with Gasteiger partial charge in [0, 0.05) is 5.70 Å². The molecule has 0 saturated heterocycles. The second-order valence-electron chi connectivity index (χ2n) is 6.09. The Bertz CT molecular complexity index is 967. The number of amides is 1. The lowest BCUT2D eigenvalue weighted by Gasteiger charge is -2.16. The van der Waals surface area contributed by atoms with Gasteiger partial charge in [0.05, 0.1) is 43.7 Å². The van der Waals surface area contributed by atoms with Crippen LogP contribution in [0.1, 0.15) is 28.6 Å². The van der Waals surface area contributed by atoms with Gasteiger partial charge in [0.25, 0.3) is 5.91 Å². The Balaban J connectivity index is 1.98. The van der Waals surface area contributed by atoms with Crippen LogP contribution in [-0.4, -0.2) is 37.0 Å². The molecule has 0 bridgehead atoms. The average molecular weight is 381 g/mol. The van der Waals surface area contributed by atoms with Crippen LogP contribution in [-0.2, 0) is 25.6 Å². The number of carbonyl (C=O) groups is 3. The summed E-state index contributed by atoms with van der Waals surface area (Å²) in [5, 5.41) is 0. The maximum absolute atomic E-state index is 13.0. The fourth-order valence-electron chi connectivity index (χ4n) is 2.98. The van der Waals surface area contributed by atoms with Crippen LogP contribution in [0.25, 0.3) is 6.08 Å². The Kier molecular flexibility index (Phi) is 5.44. The van der Waals surface area contributed by atoms with E-state index in [1.165, 1.54) is 25.4 Å². The third-order valence-electron chi connectivity index (χ3n) is 4.44. The first kappa shape index (κ1) is 19.2. The van der Waals surface area contributed by atoms with E-state index >= 15 is 0 Å². The van der Waals surface area contributed by atoms with Crippen molar-refractivity contribution in [3.63, 3.8) is 0 Å². The summed E-state index contributed by atoms with van der Waals surface area (Å²) in [4.78, 5) is 38.3. The van der Waals surface area contributed by atoms with Gasteiger partial charge >= 0.3 is 11.9 Å². The molecule has 0 fully saturated rings. The van der Waals surface area contributed by atoms with Gasteiger partial charge < -0.3 is 18.8 Å². The molecule has 0 unspecified atom stereocenters. The van der Waals surface area contributed by atoms with E-state index in [0.717, 1.165) is 0 Å². The molecule has 0 aliphatic carbocycles. The van der Waals surface area contributed by atoms with Crippen LogP contribution in [0.5, 0.6) is 0 Å². The minimum absolute atomic E-state index is 0.205. The summed E-state index contributed by atoms with van der Waals surface area (Å²) < 4.78 is 14.9. The standard InChI is InChI=1S/C21H19NO6/c1-13-18(21(25)27-3)17(19(23)22(13)12-16-5-4-10-28-16)11-14-6-8-15(9-7-14)20(24)26-2/h4-11H,12H2,1-3H3. The van der Waals surface area contributed by atoms with Crippen LogP contribution in [0.4, 0.5) is 0 Å². The molecule has 0 radical (unpaired) electrons. The first-order valence-electron chi connectivity index (χ1n) is 8.50. The summed E-state index contributed by atoms with van der Waals surface area (Å²) in [6.07, 6.45) is 3.12. The van der Waals surface area contributed by atoms with E-state index in [2.05, 4.69) is 4.74 Å². The number of allylic oxidation sites excluding steroid dienone is 1. The topological polar surface area (TPSA) is 86.0 Å². The van der Waals surface area contributed by atoms with Crippen molar-refractivity contribution in [2.24, 2.45) is 0 Å². The molecule has 2 aromatic rings. The summed E-state index contributed by atoms with van der Waals surface area (Å²) in [6, 6.07) is 10.0. The highest BCUT2D eigenvalue weighted by atomic mass is 16.5. The zero-order valence-electron chi connectivity index (χ0n) is 15.7. The second kappa shape index (κ2) is 7.96. The van der Waals surface area contributed by atoms with Crippen LogP contribution < -0.4 is 0 Å². The Morgan fingerprint density at radius 2 is 1.75 bits per heavy atom. The SMILES string of the molecule is COC(=O)C1=C(C)N(Cc2ccco2)C(=O)C1=Cc1ccc(C(=O)OC)cc1. The number of furan rings is 1. The van der Waals surface area contributed by atoms with Gasteiger partial charge in [-0.05, 0) is 42.8 Å². The minimum atomic E-state index is -0.592. The number of rotatable bonds is 5. The second-order valence-corrected chi connectivity index (χ2v) is 6.09. The molecule has 1 aromatic carbocycles. The van der Waals surface area contributed by atoms with E-state index in [1.54, 1.807) is 49.4 Å². The predicted molar refractivity (Wildman–Crippen MR) is 99.7 cm³/mol. The fourth-order valence-corrected chi connectivity index (χ4v) is 2.98. The van der Waals surface area contributed by atoms with Crippen molar-refractivity contribution in [3.05, 3.63) is 76.4 Å². The largest absolute Gasteiger partial charge is 0.467 e. The molecule has 0 atom stereocenters. The van der Waals surface area contributed by atoms with Gasteiger partial charge in [0.15, 0.2) is 0 Å². The third kappa shape index (κ3) is 3.59. The molecule has 0 saturated carbocycles. The zero-order chi connectivity index (χ0) is 20.3. The molecule has 3 rings (SSSR count). The van der Waals surface area contributed by atoms with Gasteiger partial charge in [-0.15, -0.1) is 0 Å². The van der Waals surface area contributed by atoms with E-state index in [0.29, 0.717) is 22.6 Å². The quantitative estimate of drug-likeness (QED) is 0.585. The number of benzene rings is 1. The van der Waals surface area contributed by atoms with Gasteiger partial charge in [0.2, 0.25) is 0 Å². The Morgan fingerprint density at radius 1 is 1.07 bits per heavy atom. The zero-order valence-corrected chi connectivity index (χ0v) is 15.7. The fraction of sp³-hybridized carbons (Fsp3) is 0.190. The Hall–Kier alpha value is -3.61. The monoisotopic (exact) mass is 381 g/mol. The third-order valence-corrected chi connectivity index (χ3v) is 4.44. The maximum atomic E-state index is 13.0. The predicted octanol–water partition coefficient (Wildman–Crippen LogP) is 2.94. The normalized spacial score (nSPS) is 15.3. The molecule has 1 aliphatic rings. The summed E-state index contributed by atoms with van der Waals surface area (Å²) in [6.45, 7) is 1.89. The van der Waals surface area contributed by atoms with Crippen LogP contribution in [0.2, 0.25) is 0 Å². The van der Waals surface area contributed by atoms with Gasteiger partial charge in [-0.25, -0.2) is 9.59 Å². The number of esters is 2. The van der Waals surface area contributed by atoms with Crippen LogP contribution >= 0.6 is 0 Å². The number of ether oxygens (including phenoxy) is 2. The van der Waals surface area contributed by atoms with Gasteiger partial charge in [-0.1, -0.05) is 12.1 Å². The van der Waals surface area contributed by atoms with Crippen molar-refractivity contribution in [2.75, 3.05) is 14.2 Å². The van der Waals surface area contributed by atoms with Gasteiger partial charge in [-0.3, -0.25) is 4.79 Å². The van der Waals surface area contributed by atoms with E-state index in [4.69, 9.17) is 9.15 Å². The lowest BCUT2D eigenvalue weighted by atomic mass is 10.0. The van der Waals surface area contributed by atoms with Crippen molar-refractivity contribution >= 4 is 23.9 Å². The molecule has 28 heavy (non-hydrogen) atoms. The summed E-state index contributed by atoms with van der Waals surface area (Å²) in [5.41, 5.74) is 1.97. The molecule has 1 amide bonds. The first-order chi connectivity index (χ1) is 13.5. The average Bonchev–Trinajstić information content (AvgIpc) is 3.30. The highest BCUT2D eigenvalue weighted by molar-refractivity contribution is 6.16. The lowest BCUT2D eigenvalue weighted by molar-refractivity contribution is -0.136. The molecule has 7 nitrogen and oxygen atoms in total. The van der Waals surface area contributed by atoms with Crippen LogP contribution in [0.3, 0.4) is 0 Å². The van der Waals surface area contributed by atoms with E-state index in [9.17, 15) is 14.4 Å². The lowest BCUT2D eigenvalue weighted by Crippen LogP contribution is -2.24. The first-order valence-corrected chi connectivity index (χ1v) is 8.50. The molecule has 7 heteroatoms. The molecule has 144 valence electrons. The smallest absolute Gasteiger partial charge is 0.340 e. The number of hydrogen-bond donors (Lipinski definition) is 0. The van der Waals surface area contributed by atoms with Crippen molar-refractivity contribution in [2.45, 2.75) is 13.5 Å². The molecule has 0 spiro atoms. The molecule has 1 aliphatic heterocycles. The van der Waals surface area contributed by atoms with Crippen molar-refractivity contribution in [1.82, 2.24) is 4.90 Å². The molecule has 0 N–H and O–H groups in total. The highest BCUT2D eigenvalue weighted by Crippen LogP contribution is 2.32. The van der Waals surface area contributed by atoms with E-state index < -0.39 is 11.9 Å². The van der Waals surface area contributed by atoms with Crippen molar-refractivity contribution in [1.29, 1.82) is 0 Å². The summed E-state index contributed by atoms with van der Waals surface area (Å²) >= 11 is 0. The van der Waals surface area contributed by atoms with Gasteiger partial charge in [0.1, 0.15) is 5.76 Å². The Labute approximate surface area is 161 Å². The molecule has 1 aromatic heterocycles. The molecule has 2 heterocycles. The van der Waals surface area contributed by atoms with Crippen molar-refractivity contribution in [3.8, 4) is 0 Å². The number of carbonyl (C=O) groups excluding carboxylic acids is 3. The highest BCUT2D eigenvalue weighted by Gasteiger charge is 2.37. The molecular weight excluding hydrogens is 362 g/mol. The molecular formula is C21H19NO6. The van der Waals surface area contributed by atoms with E-state index in [-0.39, 0.29) is 23.6 Å². The number of methoxy groups -OCH3 is 2.